The molecule has 0 amide bonds. The molecule has 28 heavy (non-hydrogen) atoms. The number of benzene rings is 1. The normalized spacial score (nSPS) is 15.2. The Morgan fingerprint density at radius 3 is 2.82 bits per heavy atom. The number of aromatic amines is 1. The minimum Gasteiger partial charge on any atom is -0.356 e. The van der Waals surface area contributed by atoms with Crippen LogP contribution in [-0.4, -0.2) is 33.0 Å². The molecule has 1 aromatic carbocycles. The highest BCUT2D eigenvalue weighted by atomic mass is 15.2. The molecule has 0 spiro atoms. The van der Waals surface area contributed by atoms with Crippen LogP contribution in [0.5, 0.6) is 0 Å². The van der Waals surface area contributed by atoms with Crippen LogP contribution in [0.2, 0.25) is 0 Å². The first kappa shape index (κ1) is 16.9. The van der Waals surface area contributed by atoms with Crippen LogP contribution in [0.1, 0.15) is 29.9 Å². The van der Waals surface area contributed by atoms with Crippen LogP contribution >= 0.6 is 0 Å². The Labute approximate surface area is 164 Å². The molecule has 5 rings (SSSR count). The number of H-pyrrole nitrogens is 1. The van der Waals surface area contributed by atoms with Crippen LogP contribution in [0.25, 0.3) is 22.2 Å². The molecule has 5 heteroatoms. The second kappa shape index (κ2) is 7.08. The summed E-state index contributed by atoms with van der Waals surface area (Å²) in [6.07, 6.45) is 9.67. The first-order valence-electron chi connectivity index (χ1n) is 9.83. The average molecular weight is 369 g/mol. The molecule has 3 aromatic heterocycles. The van der Waals surface area contributed by atoms with Gasteiger partial charge in [0.2, 0.25) is 0 Å². The molecular weight excluding hydrogens is 346 g/mol. The summed E-state index contributed by atoms with van der Waals surface area (Å²) in [5.41, 5.74) is 6.08. The number of nitrogens with one attached hydrogen (secondary N) is 1. The van der Waals surface area contributed by atoms with Crippen molar-refractivity contribution >= 4 is 16.9 Å². The van der Waals surface area contributed by atoms with Crippen LogP contribution < -0.4 is 4.90 Å². The predicted molar refractivity (Wildman–Crippen MR) is 112 cm³/mol. The fourth-order valence-electron chi connectivity index (χ4n) is 4.26. The number of pyridine rings is 1. The SMILES string of the molecule is Cc1ccncc1-c1cccc(C2CCN(c3ncnc4[nH]ccc34)CC2)c1. The lowest BCUT2D eigenvalue weighted by atomic mass is 9.87. The minimum atomic E-state index is 0.580. The Morgan fingerprint density at radius 2 is 1.96 bits per heavy atom. The Balaban J connectivity index is 1.35. The maximum atomic E-state index is 4.55. The highest BCUT2D eigenvalue weighted by molar-refractivity contribution is 5.87. The summed E-state index contributed by atoms with van der Waals surface area (Å²) >= 11 is 0. The summed E-state index contributed by atoms with van der Waals surface area (Å²) in [7, 11) is 0. The molecule has 140 valence electrons. The smallest absolute Gasteiger partial charge is 0.142 e. The van der Waals surface area contributed by atoms with Gasteiger partial charge in [0.15, 0.2) is 0 Å². The van der Waals surface area contributed by atoms with Gasteiger partial charge in [0.25, 0.3) is 0 Å². The summed E-state index contributed by atoms with van der Waals surface area (Å²) in [6, 6.07) is 13.1. The molecule has 0 saturated carbocycles. The van der Waals surface area contributed by atoms with Gasteiger partial charge in [-0.3, -0.25) is 4.98 Å². The number of rotatable bonds is 3. The fraction of sp³-hybridized carbons (Fsp3) is 0.261. The monoisotopic (exact) mass is 369 g/mol. The summed E-state index contributed by atoms with van der Waals surface area (Å²) in [5, 5.41) is 1.11. The van der Waals surface area contributed by atoms with Gasteiger partial charge in [0, 0.05) is 37.2 Å². The predicted octanol–water partition coefficient (Wildman–Crippen LogP) is 4.71. The molecule has 0 radical (unpaired) electrons. The van der Waals surface area contributed by atoms with E-state index in [9.17, 15) is 0 Å². The van der Waals surface area contributed by atoms with Crippen LogP contribution in [0.3, 0.4) is 0 Å². The van der Waals surface area contributed by atoms with Crippen molar-refractivity contribution < 1.29 is 0 Å². The summed E-state index contributed by atoms with van der Waals surface area (Å²) < 4.78 is 0. The standard InChI is InChI=1S/C23H23N5/c1-16-5-9-24-14-21(16)19-4-2-3-18(13-19)17-7-11-28(12-8-17)23-20-6-10-25-22(20)26-15-27-23/h2-6,9-10,13-15,17H,7-8,11-12H2,1H3,(H,25,26,27). The van der Waals surface area contributed by atoms with Crippen molar-refractivity contribution in [3.8, 4) is 11.1 Å². The summed E-state index contributed by atoms with van der Waals surface area (Å²) in [5.74, 6) is 1.63. The molecule has 1 fully saturated rings. The zero-order chi connectivity index (χ0) is 18.9. The lowest BCUT2D eigenvalue weighted by Gasteiger charge is -2.33. The van der Waals surface area contributed by atoms with Gasteiger partial charge in [0.05, 0.1) is 5.39 Å². The van der Waals surface area contributed by atoms with Crippen LogP contribution in [0.4, 0.5) is 5.82 Å². The number of aryl methyl sites for hydroxylation is 1. The summed E-state index contributed by atoms with van der Waals surface area (Å²) in [4.78, 5) is 18.7. The molecule has 0 aliphatic carbocycles. The highest BCUT2D eigenvalue weighted by Gasteiger charge is 2.23. The second-order valence-electron chi connectivity index (χ2n) is 7.51. The quantitative estimate of drug-likeness (QED) is 0.568. The van der Waals surface area contributed by atoms with E-state index in [2.05, 4.69) is 68.2 Å². The average Bonchev–Trinajstić information content (AvgIpc) is 3.23. The van der Waals surface area contributed by atoms with Gasteiger partial charge in [-0.05, 0) is 54.5 Å². The maximum Gasteiger partial charge on any atom is 0.142 e. The van der Waals surface area contributed by atoms with Gasteiger partial charge in [-0.1, -0.05) is 24.3 Å². The number of piperidine rings is 1. The van der Waals surface area contributed by atoms with Gasteiger partial charge >= 0.3 is 0 Å². The van der Waals surface area contributed by atoms with Crippen molar-refractivity contribution in [2.24, 2.45) is 0 Å². The van der Waals surface area contributed by atoms with Crippen LogP contribution in [0, 0.1) is 6.92 Å². The third-order valence-corrected chi connectivity index (χ3v) is 5.84. The van der Waals surface area contributed by atoms with E-state index in [4.69, 9.17) is 0 Å². The van der Waals surface area contributed by atoms with Crippen LogP contribution in [-0.2, 0) is 0 Å². The number of aromatic nitrogens is 4. The Kier molecular flexibility index (Phi) is 4.28. The minimum absolute atomic E-state index is 0.580. The second-order valence-corrected chi connectivity index (χ2v) is 7.51. The molecule has 1 aliphatic heterocycles. The lowest BCUT2D eigenvalue weighted by molar-refractivity contribution is 0.503. The number of fused-ring (bicyclic) bond motifs is 1. The summed E-state index contributed by atoms with van der Waals surface area (Å²) in [6.45, 7) is 4.17. The largest absolute Gasteiger partial charge is 0.356 e. The van der Waals surface area contributed by atoms with Gasteiger partial charge in [0.1, 0.15) is 17.8 Å². The van der Waals surface area contributed by atoms with Crippen molar-refractivity contribution in [2.75, 3.05) is 18.0 Å². The van der Waals surface area contributed by atoms with Crippen molar-refractivity contribution in [1.29, 1.82) is 0 Å². The first-order chi connectivity index (χ1) is 13.8. The molecule has 0 unspecified atom stereocenters. The highest BCUT2D eigenvalue weighted by Crippen LogP contribution is 2.34. The Bertz CT molecular complexity index is 1110. The number of hydrogen-bond acceptors (Lipinski definition) is 4. The van der Waals surface area contributed by atoms with E-state index >= 15 is 0 Å². The van der Waals surface area contributed by atoms with Crippen molar-refractivity contribution in [2.45, 2.75) is 25.7 Å². The van der Waals surface area contributed by atoms with E-state index in [0.717, 1.165) is 42.8 Å². The van der Waals surface area contributed by atoms with Gasteiger partial charge in [-0.2, -0.15) is 0 Å². The van der Waals surface area contributed by atoms with Crippen molar-refractivity contribution in [3.63, 3.8) is 0 Å². The Morgan fingerprint density at radius 1 is 1.07 bits per heavy atom. The fourth-order valence-corrected chi connectivity index (χ4v) is 4.26. The van der Waals surface area contributed by atoms with Gasteiger partial charge < -0.3 is 9.88 Å². The van der Waals surface area contributed by atoms with Crippen molar-refractivity contribution in [3.05, 3.63) is 72.4 Å². The van der Waals surface area contributed by atoms with E-state index < -0.39 is 0 Å². The van der Waals surface area contributed by atoms with E-state index in [1.54, 1.807) is 6.33 Å². The maximum absolute atomic E-state index is 4.55. The lowest BCUT2D eigenvalue weighted by Crippen LogP contribution is -2.33. The van der Waals surface area contributed by atoms with Gasteiger partial charge in [-0.15, -0.1) is 0 Å². The van der Waals surface area contributed by atoms with Gasteiger partial charge in [-0.25, -0.2) is 9.97 Å². The zero-order valence-corrected chi connectivity index (χ0v) is 16.0. The number of hydrogen-bond donors (Lipinski definition) is 1. The zero-order valence-electron chi connectivity index (χ0n) is 16.0. The first-order valence-corrected chi connectivity index (χ1v) is 9.83. The molecule has 5 nitrogen and oxygen atoms in total. The topological polar surface area (TPSA) is 57.7 Å². The van der Waals surface area contributed by atoms with Crippen molar-refractivity contribution in [1.82, 2.24) is 19.9 Å². The van der Waals surface area contributed by atoms with E-state index in [-0.39, 0.29) is 0 Å². The molecular formula is C23H23N5. The number of nitrogens with zero attached hydrogens (tertiary/aromatic N) is 4. The molecule has 4 heterocycles. The molecule has 0 bridgehead atoms. The van der Waals surface area contributed by atoms with E-state index in [1.807, 2.05) is 18.6 Å². The van der Waals surface area contributed by atoms with E-state index in [0.29, 0.717) is 5.92 Å². The molecule has 1 saturated heterocycles. The Hall–Kier alpha value is -3.21. The third kappa shape index (κ3) is 3.03. The molecule has 1 aliphatic rings. The molecule has 4 aromatic rings. The molecule has 0 atom stereocenters. The third-order valence-electron chi connectivity index (χ3n) is 5.84. The van der Waals surface area contributed by atoms with E-state index in [1.165, 1.54) is 22.3 Å². The molecule has 1 N–H and O–H groups in total. The number of anilines is 1. The van der Waals surface area contributed by atoms with Crippen LogP contribution in [0.15, 0.2) is 61.3 Å².